The summed E-state index contributed by atoms with van der Waals surface area (Å²) in [6.07, 6.45) is 1.56. The van der Waals surface area contributed by atoms with Crippen molar-refractivity contribution in [1.82, 2.24) is 9.71 Å². The molecule has 7 heteroatoms. The maximum absolute atomic E-state index is 12.3. The number of nitrogens with zero attached hydrogens (tertiary/aromatic N) is 1. The van der Waals surface area contributed by atoms with E-state index >= 15 is 0 Å². The van der Waals surface area contributed by atoms with Crippen LogP contribution in [0, 0.1) is 6.92 Å². The lowest BCUT2D eigenvalue weighted by Crippen LogP contribution is -2.24. The molecule has 5 nitrogen and oxygen atoms in total. The number of hydrogen-bond acceptors (Lipinski definition) is 4. The monoisotopic (exact) mass is 326 g/mol. The van der Waals surface area contributed by atoms with Crippen LogP contribution in [0.3, 0.4) is 0 Å². The molecule has 21 heavy (non-hydrogen) atoms. The van der Waals surface area contributed by atoms with Crippen molar-refractivity contribution in [3.63, 3.8) is 0 Å². The zero-order valence-electron chi connectivity index (χ0n) is 11.6. The Bertz CT molecular complexity index is 730. The van der Waals surface area contributed by atoms with Gasteiger partial charge in [-0.05, 0) is 30.2 Å². The molecule has 0 unspecified atom stereocenters. The lowest BCUT2D eigenvalue weighted by Gasteiger charge is -2.10. The van der Waals surface area contributed by atoms with Crippen molar-refractivity contribution in [1.29, 1.82) is 0 Å². The van der Waals surface area contributed by atoms with E-state index in [4.69, 9.17) is 16.3 Å². The number of sulfonamides is 1. The van der Waals surface area contributed by atoms with Crippen molar-refractivity contribution in [2.45, 2.75) is 18.4 Å². The molecular formula is C14H15ClN2O3S. The van der Waals surface area contributed by atoms with Gasteiger partial charge in [0.15, 0.2) is 0 Å². The predicted molar refractivity (Wildman–Crippen MR) is 81.0 cm³/mol. The molecule has 0 spiro atoms. The van der Waals surface area contributed by atoms with Gasteiger partial charge in [-0.25, -0.2) is 18.1 Å². The first-order valence-electron chi connectivity index (χ1n) is 6.17. The van der Waals surface area contributed by atoms with Gasteiger partial charge in [-0.2, -0.15) is 0 Å². The summed E-state index contributed by atoms with van der Waals surface area (Å²) in [7, 11) is -2.10. The molecule has 0 bridgehead atoms. The number of nitrogens with one attached hydrogen (secondary N) is 1. The smallest absolute Gasteiger partial charge is 0.241 e. The number of pyridine rings is 1. The Labute approximate surface area is 129 Å². The van der Waals surface area contributed by atoms with Gasteiger partial charge in [-0.3, -0.25) is 0 Å². The minimum atomic E-state index is -3.62. The molecule has 2 aromatic rings. The van der Waals surface area contributed by atoms with Crippen molar-refractivity contribution in [3.8, 4) is 5.88 Å². The van der Waals surface area contributed by atoms with Gasteiger partial charge in [0, 0.05) is 23.8 Å². The molecule has 0 fully saturated rings. The van der Waals surface area contributed by atoms with E-state index in [1.54, 1.807) is 37.4 Å². The Morgan fingerprint density at radius 2 is 2.05 bits per heavy atom. The van der Waals surface area contributed by atoms with Crippen LogP contribution >= 0.6 is 11.6 Å². The zero-order valence-corrected chi connectivity index (χ0v) is 13.2. The third-order valence-electron chi connectivity index (χ3n) is 2.91. The van der Waals surface area contributed by atoms with Crippen LogP contribution in [-0.2, 0) is 16.6 Å². The van der Waals surface area contributed by atoms with Crippen LogP contribution in [0.5, 0.6) is 5.88 Å². The second-order valence-corrected chi connectivity index (χ2v) is 6.61. The highest BCUT2D eigenvalue weighted by Crippen LogP contribution is 2.20. The van der Waals surface area contributed by atoms with E-state index in [2.05, 4.69) is 9.71 Å². The molecule has 0 saturated heterocycles. The van der Waals surface area contributed by atoms with Crippen molar-refractivity contribution in [3.05, 3.63) is 52.7 Å². The minimum absolute atomic E-state index is 0.144. The fourth-order valence-electron chi connectivity index (χ4n) is 1.76. The van der Waals surface area contributed by atoms with Crippen LogP contribution < -0.4 is 9.46 Å². The van der Waals surface area contributed by atoms with E-state index in [1.165, 1.54) is 13.2 Å². The number of aryl methyl sites for hydroxylation is 1. The van der Waals surface area contributed by atoms with E-state index < -0.39 is 10.0 Å². The molecule has 0 amide bonds. The van der Waals surface area contributed by atoms with Gasteiger partial charge in [-0.1, -0.05) is 23.7 Å². The van der Waals surface area contributed by atoms with Crippen molar-refractivity contribution in [2.24, 2.45) is 0 Å². The molecule has 1 heterocycles. The number of hydrogen-bond donors (Lipinski definition) is 1. The minimum Gasteiger partial charge on any atom is -0.481 e. The summed E-state index contributed by atoms with van der Waals surface area (Å²) in [5.41, 5.74) is 1.37. The van der Waals surface area contributed by atoms with E-state index in [9.17, 15) is 8.42 Å². The first kappa shape index (κ1) is 15.8. The molecule has 0 saturated carbocycles. The highest BCUT2D eigenvalue weighted by atomic mass is 35.5. The van der Waals surface area contributed by atoms with E-state index in [0.717, 1.165) is 5.56 Å². The van der Waals surface area contributed by atoms with Gasteiger partial charge < -0.3 is 4.74 Å². The van der Waals surface area contributed by atoms with Crippen LogP contribution in [0.25, 0.3) is 0 Å². The molecular weight excluding hydrogens is 312 g/mol. The SMILES string of the molecule is COc1ccc(CNS(=O)(=O)c2cc(Cl)ccc2C)cn1. The third-order valence-corrected chi connectivity index (χ3v) is 4.69. The fraction of sp³-hybridized carbons (Fsp3) is 0.214. The van der Waals surface area contributed by atoms with Gasteiger partial charge in [0.05, 0.1) is 12.0 Å². The van der Waals surface area contributed by atoms with Gasteiger partial charge >= 0.3 is 0 Å². The normalized spacial score (nSPS) is 11.4. The largest absolute Gasteiger partial charge is 0.481 e. The standard InChI is InChI=1S/C14H15ClN2O3S/c1-10-3-5-12(15)7-13(10)21(18,19)17-9-11-4-6-14(20-2)16-8-11/h3-8,17H,9H2,1-2H3. The maximum Gasteiger partial charge on any atom is 0.241 e. The maximum atomic E-state index is 12.3. The van der Waals surface area contributed by atoms with Gasteiger partial charge in [0.25, 0.3) is 0 Å². The Hall–Kier alpha value is -1.63. The highest BCUT2D eigenvalue weighted by molar-refractivity contribution is 7.89. The molecule has 2 rings (SSSR count). The third kappa shape index (κ3) is 3.93. The van der Waals surface area contributed by atoms with Gasteiger partial charge in [0.1, 0.15) is 0 Å². The molecule has 1 aromatic heterocycles. The summed E-state index contributed by atoms with van der Waals surface area (Å²) in [5.74, 6) is 0.479. The van der Waals surface area contributed by atoms with Crippen LogP contribution in [0.1, 0.15) is 11.1 Å². The number of benzene rings is 1. The summed E-state index contributed by atoms with van der Waals surface area (Å²) >= 11 is 5.86. The number of rotatable bonds is 5. The Kier molecular flexibility index (Phi) is 4.82. The molecule has 1 N–H and O–H groups in total. The molecule has 0 aliphatic carbocycles. The van der Waals surface area contributed by atoms with Crippen molar-refractivity contribution in [2.75, 3.05) is 7.11 Å². The first-order chi connectivity index (χ1) is 9.92. The zero-order chi connectivity index (χ0) is 15.5. The second-order valence-electron chi connectivity index (χ2n) is 4.44. The lowest BCUT2D eigenvalue weighted by atomic mass is 10.2. The average Bonchev–Trinajstić information content (AvgIpc) is 2.48. The Morgan fingerprint density at radius 3 is 2.67 bits per heavy atom. The lowest BCUT2D eigenvalue weighted by molar-refractivity contribution is 0.397. The van der Waals surface area contributed by atoms with Crippen molar-refractivity contribution < 1.29 is 13.2 Å². The summed E-state index contributed by atoms with van der Waals surface area (Å²) in [6.45, 7) is 1.87. The average molecular weight is 327 g/mol. The summed E-state index contributed by atoms with van der Waals surface area (Å²) < 4.78 is 32.1. The number of ether oxygens (including phenoxy) is 1. The van der Waals surface area contributed by atoms with Crippen LogP contribution in [0.2, 0.25) is 5.02 Å². The summed E-state index contributed by atoms with van der Waals surface area (Å²) in [5, 5.41) is 0.382. The van der Waals surface area contributed by atoms with Crippen LogP contribution in [0.4, 0.5) is 0 Å². The Morgan fingerprint density at radius 1 is 1.29 bits per heavy atom. The molecule has 112 valence electrons. The molecule has 0 atom stereocenters. The Balaban J connectivity index is 2.15. The fourth-order valence-corrected chi connectivity index (χ4v) is 3.28. The highest BCUT2D eigenvalue weighted by Gasteiger charge is 2.17. The van der Waals surface area contributed by atoms with Gasteiger partial charge in [0.2, 0.25) is 15.9 Å². The van der Waals surface area contributed by atoms with Crippen LogP contribution in [-0.4, -0.2) is 20.5 Å². The topological polar surface area (TPSA) is 68.3 Å². The van der Waals surface area contributed by atoms with E-state index in [0.29, 0.717) is 16.5 Å². The second kappa shape index (κ2) is 6.43. The number of halogens is 1. The summed E-state index contributed by atoms with van der Waals surface area (Å²) in [6, 6.07) is 8.19. The summed E-state index contributed by atoms with van der Waals surface area (Å²) in [4.78, 5) is 4.20. The molecule has 0 aliphatic heterocycles. The first-order valence-corrected chi connectivity index (χ1v) is 8.03. The number of aromatic nitrogens is 1. The van der Waals surface area contributed by atoms with Gasteiger partial charge in [-0.15, -0.1) is 0 Å². The quantitative estimate of drug-likeness (QED) is 0.916. The van der Waals surface area contributed by atoms with E-state index in [1.807, 2.05) is 0 Å². The molecule has 0 aliphatic rings. The molecule has 0 radical (unpaired) electrons. The number of methoxy groups -OCH3 is 1. The van der Waals surface area contributed by atoms with Crippen LogP contribution in [0.15, 0.2) is 41.4 Å². The predicted octanol–water partition coefficient (Wildman–Crippen LogP) is 2.53. The molecule has 1 aromatic carbocycles. The van der Waals surface area contributed by atoms with E-state index in [-0.39, 0.29) is 11.4 Å². The van der Waals surface area contributed by atoms with Crippen molar-refractivity contribution >= 4 is 21.6 Å².